The molecule has 0 saturated carbocycles. The van der Waals surface area contributed by atoms with Crippen LogP contribution in [0.2, 0.25) is 10.0 Å². The average molecular weight is 684 g/mol. The van der Waals surface area contributed by atoms with E-state index in [1.165, 1.54) is 0 Å². The van der Waals surface area contributed by atoms with E-state index in [0.29, 0.717) is 10.0 Å². The molecule has 6 aromatic rings. The first kappa shape index (κ1) is 31.9. The number of rotatable bonds is 8. The van der Waals surface area contributed by atoms with Crippen molar-refractivity contribution in [2.45, 2.75) is 40.8 Å². The predicted molar refractivity (Wildman–Crippen MR) is 195 cm³/mol. The lowest BCUT2D eigenvalue weighted by Crippen LogP contribution is -2.48. The molecule has 3 heterocycles. The second-order valence-corrected chi connectivity index (χ2v) is 12.6. The van der Waals surface area contributed by atoms with E-state index >= 15 is 0 Å². The molecular formula is C38H36Cl2N4O4. The Morgan fingerprint density at radius 2 is 1.08 bits per heavy atom. The number of benzene rings is 4. The molecule has 0 unspecified atom stereocenters. The van der Waals surface area contributed by atoms with Gasteiger partial charge in [-0.05, 0) is 100 Å². The molecule has 0 atom stereocenters. The van der Waals surface area contributed by atoms with Gasteiger partial charge in [0.05, 0.1) is 32.0 Å². The van der Waals surface area contributed by atoms with Gasteiger partial charge in [0.2, 0.25) is 0 Å². The number of carbonyl (C=O) groups is 2. The van der Waals surface area contributed by atoms with E-state index in [1.54, 1.807) is 13.8 Å². The van der Waals surface area contributed by atoms with Gasteiger partial charge in [0.25, 0.3) is 0 Å². The standard InChI is InChI=1S/C38H36Cl2N4O4/c1-5-42-32-13-9-23(39)17-27(32)29-19-25(11-15-34(29)42)41-21-31(37(45)47-7-3)36(38(46)48-8-4)44(22-41)26-12-16-35-30(20-26)28-18-24(40)10-14-33(28)43(35)6-2/h9-20H,5-8,21-22H2,1-4H3. The van der Waals surface area contributed by atoms with Crippen LogP contribution in [0, 0.1) is 0 Å². The van der Waals surface area contributed by atoms with Gasteiger partial charge in [-0.25, -0.2) is 9.59 Å². The van der Waals surface area contributed by atoms with Crippen LogP contribution < -0.4 is 9.80 Å². The molecule has 0 amide bonds. The van der Waals surface area contributed by atoms with Crippen LogP contribution in [0.3, 0.4) is 0 Å². The van der Waals surface area contributed by atoms with Gasteiger partial charge in [-0.2, -0.15) is 0 Å². The van der Waals surface area contributed by atoms with Gasteiger partial charge in [0.1, 0.15) is 5.70 Å². The molecule has 7 rings (SSSR count). The van der Waals surface area contributed by atoms with Crippen molar-refractivity contribution in [3.05, 3.63) is 94.1 Å². The molecule has 0 bridgehead atoms. The second kappa shape index (κ2) is 12.7. The minimum absolute atomic E-state index is 0.162. The Morgan fingerprint density at radius 1 is 0.625 bits per heavy atom. The Hall–Kier alpha value is -4.66. The van der Waals surface area contributed by atoms with E-state index in [2.05, 4.69) is 64.3 Å². The third-order valence-electron chi connectivity index (χ3n) is 9.14. The third kappa shape index (κ3) is 5.24. The lowest BCUT2D eigenvalue weighted by atomic mass is 10.1. The SMILES string of the molecule is CCOC(=O)C1=C(C(=O)OCC)N(c2ccc3c(c2)c2cc(Cl)ccc2n3CC)CN(c2ccc3c(c2)c2cc(Cl)ccc2n3CC)C1. The maximum Gasteiger partial charge on any atom is 0.355 e. The minimum Gasteiger partial charge on any atom is -0.463 e. The van der Waals surface area contributed by atoms with Crippen LogP contribution in [0.4, 0.5) is 11.4 Å². The van der Waals surface area contributed by atoms with Crippen LogP contribution in [-0.4, -0.2) is 47.5 Å². The molecule has 8 nitrogen and oxygen atoms in total. The summed E-state index contributed by atoms with van der Waals surface area (Å²) in [5.41, 5.74) is 6.37. The average Bonchev–Trinajstić information content (AvgIpc) is 3.57. The fourth-order valence-corrected chi connectivity index (χ4v) is 7.43. The highest BCUT2D eigenvalue weighted by Gasteiger charge is 2.36. The Balaban J connectivity index is 1.43. The van der Waals surface area contributed by atoms with Gasteiger partial charge in [0.15, 0.2) is 0 Å². The first-order valence-electron chi connectivity index (χ1n) is 16.3. The normalized spacial score (nSPS) is 13.8. The van der Waals surface area contributed by atoms with Gasteiger partial charge >= 0.3 is 11.9 Å². The van der Waals surface area contributed by atoms with Crippen molar-refractivity contribution in [3.8, 4) is 0 Å². The zero-order valence-corrected chi connectivity index (χ0v) is 28.9. The van der Waals surface area contributed by atoms with E-state index in [1.807, 2.05) is 41.3 Å². The van der Waals surface area contributed by atoms with Crippen LogP contribution >= 0.6 is 23.2 Å². The Labute approximate surface area is 288 Å². The molecule has 4 aromatic carbocycles. The Kier molecular flexibility index (Phi) is 8.48. The smallest absolute Gasteiger partial charge is 0.355 e. The predicted octanol–water partition coefficient (Wildman–Crippen LogP) is 8.91. The van der Waals surface area contributed by atoms with Crippen molar-refractivity contribution < 1.29 is 19.1 Å². The summed E-state index contributed by atoms with van der Waals surface area (Å²) < 4.78 is 15.6. The maximum atomic E-state index is 13.7. The summed E-state index contributed by atoms with van der Waals surface area (Å²) in [5.74, 6) is -1.13. The highest BCUT2D eigenvalue weighted by atomic mass is 35.5. The molecule has 48 heavy (non-hydrogen) atoms. The number of anilines is 2. The quantitative estimate of drug-likeness (QED) is 0.149. The van der Waals surface area contributed by atoms with Crippen molar-refractivity contribution in [3.63, 3.8) is 0 Å². The monoisotopic (exact) mass is 682 g/mol. The Bertz CT molecular complexity index is 2290. The number of hydrogen-bond donors (Lipinski definition) is 0. The number of ether oxygens (including phenoxy) is 2. The molecule has 0 N–H and O–H groups in total. The van der Waals surface area contributed by atoms with Crippen LogP contribution in [-0.2, 0) is 32.2 Å². The molecule has 0 saturated heterocycles. The van der Waals surface area contributed by atoms with E-state index in [9.17, 15) is 9.59 Å². The van der Waals surface area contributed by atoms with Gasteiger partial charge in [0, 0.05) is 78.1 Å². The van der Waals surface area contributed by atoms with Crippen LogP contribution in [0.1, 0.15) is 27.7 Å². The zero-order chi connectivity index (χ0) is 33.7. The summed E-state index contributed by atoms with van der Waals surface area (Å²) in [6, 6.07) is 24.3. The number of aromatic nitrogens is 2. The zero-order valence-electron chi connectivity index (χ0n) is 27.3. The Morgan fingerprint density at radius 3 is 1.60 bits per heavy atom. The van der Waals surface area contributed by atoms with Crippen LogP contribution in [0.25, 0.3) is 43.6 Å². The van der Waals surface area contributed by atoms with Crippen molar-refractivity contribution in [1.29, 1.82) is 0 Å². The minimum atomic E-state index is -0.574. The van der Waals surface area contributed by atoms with Crippen molar-refractivity contribution in [2.24, 2.45) is 0 Å². The third-order valence-corrected chi connectivity index (χ3v) is 9.61. The second-order valence-electron chi connectivity index (χ2n) is 11.7. The summed E-state index contributed by atoms with van der Waals surface area (Å²) in [7, 11) is 0. The van der Waals surface area contributed by atoms with E-state index < -0.39 is 11.9 Å². The van der Waals surface area contributed by atoms with Crippen molar-refractivity contribution in [2.75, 3.05) is 36.2 Å². The molecule has 2 aromatic heterocycles. The molecule has 10 heteroatoms. The number of halogens is 2. The molecule has 1 aliphatic heterocycles. The molecule has 0 spiro atoms. The van der Waals surface area contributed by atoms with E-state index in [-0.39, 0.29) is 37.7 Å². The highest BCUT2D eigenvalue weighted by molar-refractivity contribution is 6.32. The first-order valence-corrected chi connectivity index (χ1v) is 17.1. The van der Waals surface area contributed by atoms with Crippen LogP contribution in [0.5, 0.6) is 0 Å². The summed E-state index contributed by atoms with van der Waals surface area (Å²) in [4.78, 5) is 31.3. The fraction of sp³-hybridized carbons (Fsp3) is 0.263. The van der Waals surface area contributed by atoms with E-state index in [4.69, 9.17) is 32.7 Å². The topological polar surface area (TPSA) is 68.9 Å². The number of esters is 2. The summed E-state index contributed by atoms with van der Waals surface area (Å²) in [6.45, 7) is 10.1. The molecule has 0 aliphatic carbocycles. The molecule has 1 aliphatic rings. The maximum absolute atomic E-state index is 13.7. The first-order chi connectivity index (χ1) is 23.3. The molecule has 0 radical (unpaired) electrons. The van der Waals surface area contributed by atoms with Gasteiger partial charge in [-0.15, -0.1) is 0 Å². The number of nitrogens with zero attached hydrogens (tertiary/aromatic N) is 4. The molecular weight excluding hydrogens is 647 g/mol. The lowest BCUT2D eigenvalue weighted by molar-refractivity contribution is -0.142. The molecule has 246 valence electrons. The lowest BCUT2D eigenvalue weighted by Gasteiger charge is -2.39. The van der Waals surface area contributed by atoms with Gasteiger partial charge < -0.3 is 28.4 Å². The van der Waals surface area contributed by atoms with E-state index in [0.717, 1.165) is 68.1 Å². The summed E-state index contributed by atoms with van der Waals surface area (Å²) >= 11 is 12.9. The number of aryl methyl sites for hydroxylation is 2. The fourth-order valence-electron chi connectivity index (χ4n) is 7.09. The van der Waals surface area contributed by atoms with Crippen molar-refractivity contribution >= 4 is 90.1 Å². The molecule has 0 fully saturated rings. The van der Waals surface area contributed by atoms with Gasteiger partial charge in [-0.3, -0.25) is 0 Å². The highest BCUT2D eigenvalue weighted by Crippen LogP contribution is 2.39. The number of hydrogen-bond acceptors (Lipinski definition) is 6. The summed E-state index contributed by atoms with van der Waals surface area (Å²) in [5, 5.41) is 5.43. The number of fused-ring (bicyclic) bond motifs is 6. The summed E-state index contributed by atoms with van der Waals surface area (Å²) in [6.07, 6.45) is 0. The van der Waals surface area contributed by atoms with Gasteiger partial charge in [-0.1, -0.05) is 23.2 Å². The largest absolute Gasteiger partial charge is 0.463 e. The number of carbonyl (C=O) groups excluding carboxylic acids is 2. The van der Waals surface area contributed by atoms with Crippen molar-refractivity contribution in [1.82, 2.24) is 9.13 Å². The van der Waals surface area contributed by atoms with Crippen LogP contribution in [0.15, 0.2) is 84.1 Å².